The average molecular weight is 421 g/mol. The molecule has 0 saturated heterocycles. The van der Waals surface area contributed by atoms with Crippen LogP contribution in [0.1, 0.15) is 163 Å². The lowest BCUT2D eigenvalue weighted by molar-refractivity contribution is 0.398. The molecule has 0 bridgehead atoms. The fraction of sp³-hybridized carbons (Fsp3) is 0.933. The molecule has 0 saturated carbocycles. The number of hydrogen-bond acceptors (Lipinski definition) is 0. The number of allylic oxidation sites excluding steroid dienone is 2. The fourth-order valence-electron chi connectivity index (χ4n) is 4.73. The third-order valence-corrected chi connectivity index (χ3v) is 6.97. The van der Waals surface area contributed by atoms with Gasteiger partial charge in [0.2, 0.25) is 0 Å². The van der Waals surface area contributed by atoms with E-state index in [0.29, 0.717) is 0 Å². The third kappa shape index (κ3) is 22.4. The minimum atomic E-state index is 0.785. The summed E-state index contributed by atoms with van der Waals surface area (Å²) in [6.07, 6.45) is 33.4. The summed E-state index contributed by atoms with van der Waals surface area (Å²) in [5, 5.41) is 0. The summed E-state index contributed by atoms with van der Waals surface area (Å²) in [7, 11) is 0. The van der Waals surface area contributed by atoms with Crippen LogP contribution in [0.3, 0.4) is 0 Å². The van der Waals surface area contributed by atoms with Gasteiger partial charge in [-0.25, -0.2) is 0 Å². The van der Waals surface area contributed by atoms with E-state index in [4.69, 9.17) is 0 Å². The Balaban J connectivity index is 3.35. The molecule has 0 aromatic carbocycles. The van der Waals surface area contributed by atoms with Crippen molar-refractivity contribution in [3.63, 3.8) is 0 Å². The van der Waals surface area contributed by atoms with Gasteiger partial charge in [-0.2, -0.15) is 0 Å². The van der Waals surface area contributed by atoms with E-state index in [0.717, 1.165) is 17.8 Å². The quantitative estimate of drug-likeness (QED) is 0.114. The van der Waals surface area contributed by atoms with Crippen LogP contribution in [0.5, 0.6) is 0 Å². The lowest BCUT2D eigenvalue weighted by atomic mass is 9.93. The van der Waals surface area contributed by atoms with Gasteiger partial charge in [0.15, 0.2) is 0 Å². The van der Waals surface area contributed by atoms with Crippen molar-refractivity contribution in [1.29, 1.82) is 0 Å². The molecule has 0 aliphatic carbocycles. The highest BCUT2D eigenvalue weighted by atomic mass is 14.1. The van der Waals surface area contributed by atoms with E-state index in [-0.39, 0.29) is 0 Å². The van der Waals surface area contributed by atoms with Crippen molar-refractivity contribution in [2.24, 2.45) is 17.8 Å². The van der Waals surface area contributed by atoms with Gasteiger partial charge in [-0.3, -0.25) is 0 Å². The van der Waals surface area contributed by atoms with Crippen LogP contribution in [0.2, 0.25) is 0 Å². The van der Waals surface area contributed by atoms with E-state index < -0.39 is 0 Å². The molecule has 3 atom stereocenters. The van der Waals surface area contributed by atoms with Crippen molar-refractivity contribution >= 4 is 0 Å². The molecule has 0 radical (unpaired) electrons. The van der Waals surface area contributed by atoms with Crippen molar-refractivity contribution in [2.45, 2.75) is 163 Å². The maximum Gasteiger partial charge on any atom is -0.0262 e. The standard InChI is InChI=1S/C30H60/c1-6-8-9-10-15-18-23-29(4)24-19-16-13-11-12-14-17-20-25-30(5)27-21-26-28(3)22-7-2/h19,24,28-30H,6-18,20-23,25-27H2,1-5H3. The topological polar surface area (TPSA) is 0 Å². The summed E-state index contributed by atoms with van der Waals surface area (Å²) < 4.78 is 0. The largest absolute Gasteiger partial charge is 0.0883 e. The summed E-state index contributed by atoms with van der Waals surface area (Å²) in [6, 6.07) is 0. The third-order valence-electron chi connectivity index (χ3n) is 6.97. The van der Waals surface area contributed by atoms with Crippen LogP contribution in [0.4, 0.5) is 0 Å². The first-order chi connectivity index (χ1) is 14.6. The Hall–Kier alpha value is -0.260. The van der Waals surface area contributed by atoms with Gasteiger partial charge >= 0.3 is 0 Å². The van der Waals surface area contributed by atoms with Crippen molar-refractivity contribution in [3.8, 4) is 0 Å². The first-order valence-electron chi connectivity index (χ1n) is 14.3. The lowest BCUT2D eigenvalue weighted by Crippen LogP contribution is -1.99. The zero-order chi connectivity index (χ0) is 22.3. The Morgan fingerprint density at radius 3 is 1.60 bits per heavy atom. The minimum Gasteiger partial charge on any atom is -0.0883 e. The van der Waals surface area contributed by atoms with Gasteiger partial charge in [0.25, 0.3) is 0 Å². The molecule has 30 heavy (non-hydrogen) atoms. The average Bonchev–Trinajstić information content (AvgIpc) is 2.72. The molecule has 0 aliphatic heterocycles. The van der Waals surface area contributed by atoms with Gasteiger partial charge in [0, 0.05) is 0 Å². The van der Waals surface area contributed by atoms with Gasteiger partial charge in [-0.1, -0.05) is 156 Å². The molecule has 0 aromatic heterocycles. The molecule has 0 fully saturated rings. The number of unbranched alkanes of at least 4 members (excludes halogenated alkanes) is 11. The monoisotopic (exact) mass is 420 g/mol. The normalized spacial score (nSPS) is 15.0. The second-order valence-electron chi connectivity index (χ2n) is 10.6. The first kappa shape index (κ1) is 29.7. The Morgan fingerprint density at radius 1 is 0.467 bits per heavy atom. The summed E-state index contributed by atoms with van der Waals surface area (Å²) in [4.78, 5) is 0. The van der Waals surface area contributed by atoms with E-state index in [9.17, 15) is 0 Å². The predicted molar refractivity (Wildman–Crippen MR) is 140 cm³/mol. The minimum absolute atomic E-state index is 0.785. The number of hydrogen-bond donors (Lipinski definition) is 0. The lowest BCUT2D eigenvalue weighted by Gasteiger charge is -2.13. The predicted octanol–water partition coefficient (Wildman–Crippen LogP) is 11.3. The van der Waals surface area contributed by atoms with E-state index in [1.54, 1.807) is 0 Å². The van der Waals surface area contributed by atoms with Crippen molar-refractivity contribution in [1.82, 2.24) is 0 Å². The molecular formula is C30H60. The second kappa shape index (κ2) is 23.4. The summed E-state index contributed by atoms with van der Waals surface area (Å²) in [5.74, 6) is 2.68. The van der Waals surface area contributed by atoms with Gasteiger partial charge in [0.1, 0.15) is 0 Å². The summed E-state index contributed by atoms with van der Waals surface area (Å²) in [6.45, 7) is 11.9. The van der Waals surface area contributed by atoms with Crippen LogP contribution >= 0.6 is 0 Å². The smallest absolute Gasteiger partial charge is 0.0262 e. The molecule has 0 heterocycles. The molecular weight excluding hydrogens is 360 g/mol. The number of rotatable bonds is 23. The highest BCUT2D eigenvalue weighted by Gasteiger charge is 2.05. The molecule has 0 N–H and O–H groups in total. The summed E-state index contributed by atoms with van der Waals surface area (Å²) in [5.41, 5.74) is 0. The fourth-order valence-corrected chi connectivity index (χ4v) is 4.73. The molecule has 3 unspecified atom stereocenters. The van der Waals surface area contributed by atoms with Crippen LogP contribution in [0.25, 0.3) is 0 Å². The second-order valence-corrected chi connectivity index (χ2v) is 10.6. The molecule has 0 aromatic rings. The van der Waals surface area contributed by atoms with E-state index >= 15 is 0 Å². The summed E-state index contributed by atoms with van der Waals surface area (Å²) >= 11 is 0. The van der Waals surface area contributed by atoms with Crippen LogP contribution < -0.4 is 0 Å². The first-order valence-corrected chi connectivity index (χ1v) is 14.3. The van der Waals surface area contributed by atoms with Crippen LogP contribution in [-0.2, 0) is 0 Å². The zero-order valence-corrected chi connectivity index (χ0v) is 22.0. The maximum atomic E-state index is 2.48. The molecule has 0 spiro atoms. The van der Waals surface area contributed by atoms with Gasteiger partial charge in [-0.05, 0) is 37.0 Å². The molecule has 180 valence electrons. The highest BCUT2D eigenvalue weighted by molar-refractivity contribution is 4.86. The highest BCUT2D eigenvalue weighted by Crippen LogP contribution is 2.20. The van der Waals surface area contributed by atoms with Crippen LogP contribution in [0.15, 0.2) is 12.2 Å². The van der Waals surface area contributed by atoms with E-state index in [1.807, 2.05) is 0 Å². The van der Waals surface area contributed by atoms with Crippen LogP contribution in [0, 0.1) is 17.8 Å². The van der Waals surface area contributed by atoms with Gasteiger partial charge < -0.3 is 0 Å². The van der Waals surface area contributed by atoms with Crippen molar-refractivity contribution in [3.05, 3.63) is 12.2 Å². The SMILES string of the molecule is CCCCCCCCC(C)C=CCCCCCCCCC(C)CCCC(C)CCC. The molecule has 0 nitrogen and oxygen atoms in total. The van der Waals surface area contributed by atoms with E-state index in [2.05, 4.69) is 46.8 Å². The van der Waals surface area contributed by atoms with Crippen molar-refractivity contribution in [2.75, 3.05) is 0 Å². The zero-order valence-electron chi connectivity index (χ0n) is 22.0. The maximum absolute atomic E-state index is 2.48. The van der Waals surface area contributed by atoms with Crippen LogP contribution in [-0.4, -0.2) is 0 Å². The Kier molecular flexibility index (Phi) is 23.2. The molecule has 0 heteroatoms. The Morgan fingerprint density at radius 2 is 0.967 bits per heavy atom. The Bertz CT molecular complexity index is 342. The van der Waals surface area contributed by atoms with Gasteiger partial charge in [0.05, 0.1) is 0 Å². The van der Waals surface area contributed by atoms with Crippen molar-refractivity contribution < 1.29 is 0 Å². The molecule has 0 amide bonds. The van der Waals surface area contributed by atoms with Gasteiger partial charge in [-0.15, -0.1) is 0 Å². The molecule has 0 rings (SSSR count). The van der Waals surface area contributed by atoms with E-state index in [1.165, 1.54) is 128 Å². The molecule has 0 aliphatic rings. The Labute approximate surface area is 193 Å².